The second-order valence-electron chi connectivity index (χ2n) is 6.25. The van der Waals surface area contributed by atoms with Crippen LogP contribution in [-0.4, -0.2) is 25.2 Å². The van der Waals surface area contributed by atoms with E-state index in [4.69, 9.17) is 4.74 Å². The van der Waals surface area contributed by atoms with Gasteiger partial charge in [0.1, 0.15) is 11.4 Å². The smallest absolute Gasteiger partial charge is 0.419 e. The molecule has 2 fully saturated rings. The third kappa shape index (κ3) is 3.63. The van der Waals surface area contributed by atoms with Crippen LogP contribution in [0.1, 0.15) is 36.8 Å². The standard InChI is InChI=1S/C16H18F4N2O2/c17-13-4-3-10(8-12(13)16(18,19)20)15(5-6-15)24-14(23)22-9-11-2-1-7-21-11/h3-4,8,11,21H,1-2,5-7,9H2,(H,22,23)/t11-/m0/s1. The Bertz CT molecular complexity index is 623. The van der Waals surface area contributed by atoms with Crippen molar-refractivity contribution in [3.8, 4) is 0 Å². The van der Waals surface area contributed by atoms with Crippen molar-refractivity contribution >= 4 is 6.09 Å². The highest BCUT2D eigenvalue weighted by molar-refractivity contribution is 5.68. The fraction of sp³-hybridized carbons (Fsp3) is 0.562. The lowest BCUT2D eigenvalue weighted by Gasteiger charge is -2.20. The molecule has 0 bridgehead atoms. The molecule has 0 spiro atoms. The lowest BCUT2D eigenvalue weighted by Crippen LogP contribution is -2.38. The third-order valence-electron chi connectivity index (χ3n) is 4.45. The van der Waals surface area contributed by atoms with Gasteiger partial charge in [-0.25, -0.2) is 9.18 Å². The number of alkyl carbamates (subject to hydrolysis) is 1. The Balaban J connectivity index is 1.66. The van der Waals surface area contributed by atoms with Crippen LogP contribution in [0.4, 0.5) is 22.4 Å². The molecule has 24 heavy (non-hydrogen) atoms. The highest BCUT2D eigenvalue weighted by atomic mass is 19.4. The van der Waals surface area contributed by atoms with Gasteiger partial charge < -0.3 is 15.4 Å². The summed E-state index contributed by atoms with van der Waals surface area (Å²) in [5.74, 6) is -1.33. The van der Waals surface area contributed by atoms with E-state index >= 15 is 0 Å². The molecule has 0 radical (unpaired) electrons. The van der Waals surface area contributed by atoms with E-state index in [1.165, 1.54) is 6.07 Å². The van der Waals surface area contributed by atoms with E-state index in [0.717, 1.165) is 31.5 Å². The maximum atomic E-state index is 13.4. The monoisotopic (exact) mass is 346 g/mol. The molecule has 1 aromatic rings. The van der Waals surface area contributed by atoms with Crippen molar-refractivity contribution in [3.63, 3.8) is 0 Å². The van der Waals surface area contributed by atoms with E-state index in [0.29, 0.717) is 19.4 Å². The molecule has 1 saturated carbocycles. The van der Waals surface area contributed by atoms with E-state index in [1.807, 2.05) is 0 Å². The summed E-state index contributed by atoms with van der Waals surface area (Å²) in [7, 11) is 0. The van der Waals surface area contributed by atoms with Gasteiger partial charge in [-0.1, -0.05) is 6.07 Å². The molecule has 1 aliphatic heterocycles. The molecule has 0 unspecified atom stereocenters. The van der Waals surface area contributed by atoms with Crippen LogP contribution in [0.2, 0.25) is 0 Å². The number of hydrogen-bond acceptors (Lipinski definition) is 3. The van der Waals surface area contributed by atoms with E-state index in [1.54, 1.807) is 0 Å². The van der Waals surface area contributed by atoms with Gasteiger partial charge in [0.2, 0.25) is 0 Å². The number of benzene rings is 1. The van der Waals surface area contributed by atoms with E-state index in [2.05, 4.69) is 10.6 Å². The van der Waals surface area contributed by atoms with Crippen molar-refractivity contribution in [2.75, 3.05) is 13.1 Å². The molecule has 1 atom stereocenters. The number of hydrogen-bond donors (Lipinski definition) is 2. The first-order valence-electron chi connectivity index (χ1n) is 7.88. The minimum absolute atomic E-state index is 0.172. The molecule has 2 aliphatic rings. The Morgan fingerprint density at radius 3 is 2.71 bits per heavy atom. The van der Waals surface area contributed by atoms with Crippen molar-refractivity contribution in [1.29, 1.82) is 0 Å². The molecular formula is C16H18F4N2O2. The molecule has 132 valence electrons. The highest BCUT2D eigenvalue weighted by Crippen LogP contribution is 2.50. The molecule has 1 saturated heterocycles. The van der Waals surface area contributed by atoms with Crippen LogP contribution in [-0.2, 0) is 16.5 Å². The fourth-order valence-corrected chi connectivity index (χ4v) is 2.94. The van der Waals surface area contributed by atoms with Crippen molar-refractivity contribution in [3.05, 3.63) is 35.1 Å². The number of nitrogens with one attached hydrogen (secondary N) is 2. The van der Waals surface area contributed by atoms with Crippen LogP contribution in [0, 0.1) is 5.82 Å². The minimum Gasteiger partial charge on any atom is -0.438 e. The lowest BCUT2D eigenvalue weighted by molar-refractivity contribution is -0.140. The van der Waals surface area contributed by atoms with E-state index in [9.17, 15) is 22.4 Å². The zero-order valence-electron chi connectivity index (χ0n) is 12.9. The Labute approximate surface area is 136 Å². The van der Waals surface area contributed by atoms with Gasteiger partial charge in [-0.05, 0) is 49.9 Å². The molecule has 0 aromatic heterocycles. The predicted octanol–water partition coefficient (Wildman–Crippen LogP) is 3.31. The van der Waals surface area contributed by atoms with Crippen molar-refractivity contribution < 1.29 is 27.1 Å². The number of carbonyl (C=O) groups is 1. The van der Waals surface area contributed by atoms with Gasteiger partial charge in [-0.15, -0.1) is 0 Å². The Morgan fingerprint density at radius 2 is 2.12 bits per heavy atom. The number of halogens is 4. The summed E-state index contributed by atoms with van der Waals surface area (Å²) in [5, 5.41) is 5.84. The largest absolute Gasteiger partial charge is 0.438 e. The highest BCUT2D eigenvalue weighted by Gasteiger charge is 2.50. The molecule has 1 amide bonds. The van der Waals surface area contributed by atoms with E-state index in [-0.39, 0.29) is 11.6 Å². The number of amides is 1. The zero-order chi connectivity index (χ0) is 17.4. The summed E-state index contributed by atoms with van der Waals surface area (Å²) in [6, 6.07) is 2.93. The summed E-state index contributed by atoms with van der Waals surface area (Å²) in [6.45, 7) is 1.31. The number of carbonyl (C=O) groups excluding carboxylic acids is 1. The Hall–Kier alpha value is -1.83. The predicted molar refractivity (Wildman–Crippen MR) is 77.8 cm³/mol. The van der Waals surface area contributed by atoms with Crippen molar-refractivity contribution in [2.45, 2.75) is 43.5 Å². The minimum atomic E-state index is -4.79. The number of ether oxygens (including phenoxy) is 1. The zero-order valence-corrected chi connectivity index (χ0v) is 12.9. The second-order valence-corrected chi connectivity index (χ2v) is 6.25. The second kappa shape index (κ2) is 6.23. The quantitative estimate of drug-likeness (QED) is 0.823. The normalized spacial score (nSPS) is 22.2. The maximum absolute atomic E-state index is 13.4. The van der Waals surface area contributed by atoms with Crippen LogP contribution >= 0.6 is 0 Å². The van der Waals surface area contributed by atoms with Crippen LogP contribution < -0.4 is 10.6 Å². The van der Waals surface area contributed by atoms with Gasteiger partial charge in [-0.2, -0.15) is 13.2 Å². The number of alkyl halides is 3. The fourth-order valence-electron chi connectivity index (χ4n) is 2.94. The summed E-state index contributed by atoms with van der Waals surface area (Å²) >= 11 is 0. The molecule has 2 N–H and O–H groups in total. The van der Waals surface area contributed by atoms with Crippen LogP contribution in [0.5, 0.6) is 0 Å². The van der Waals surface area contributed by atoms with Gasteiger partial charge >= 0.3 is 12.3 Å². The SMILES string of the molecule is O=C(NC[C@@H]1CCCN1)OC1(c2ccc(F)c(C(F)(F)F)c2)CC1. The molecule has 4 nitrogen and oxygen atoms in total. The lowest BCUT2D eigenvalue weighted by atomic mass is 10.0. The molecular weight excluding hydrogens is 328 g/mol. The van der Waals surface area contributed by atoms with Gasteiger partial charge in [-0.3, -0.25) is 0 Å². The van der Waals surface area contributed by atoms with Crippen molar-refractivity contribution in [1.82, 2.24) is 10.6 Å². The molecule has 1 heterocycles. The first-order valence-corrected chi connectivity index (χ1v) is 7.88. The molecule has 3 rings (SSSR count). The van der Waals surface area contributed by atoms with Gasteiger partial charge in [0.25, 0.3) is 0 Å². The third-order valence-corrected chi connectivity index (χ3v) is 4.45. The first-order chi connectivity index (χ1) is 11.3. The number of rotatable bonds is 4. The first kappa shape index (κ1) is 17.0. The Morgan fingerprint density at radius 1 is 1.38 bits per heavy atom. The van der Waals surface area contributed by atoms with Crippen LogP contribution in [0.3, 0.4) is 0 Å². The van der Waals surface area contributed by atoms with Gasteiger partial charge in [0.15, 0.2) is 0 Å². The topological polar surface area (TPSA) is 50.4 Å². The molecule has 1 aliphatic carbocycles. The molecule has 1 aromatic carbocycles. The van der Waals surface area contributed by atoms with Gasteiger partial charge in [0.05, 0.1) is 5.56 Å². The average molecular weight is 346 g/mol. The van der Waals surface area contributed by atoms with Crippen LogP contribution in [0.25, 0.3) is 0 Å². The summed E-state index contributed by atoms with van der Waals surface area (Å²) in [5.41, 5.74) is -2.25. The van der Waals surface area contributed by atoms with Crippen molar-refractivity contribution in [2.24, 2.45) is 0 Å². The average Bonchev–Trinajstić information content (AvgIpc) is 3.09. The maximum Gasteiger partial charge on any atom is 0.419 e. The van der Waals surface area contributed by atoms with E-state index < -0.39 is 29.3 Å². The summed E-state index contributed by atoms with van der Waals surface area (Å²) < 4.78 is 57.2. The molecule has 8 heteroatoms. The summed E-state index contributed by atoms with van der Waals surface area (Å²) in [6.07, 6.45) is -2.61. The van der Waals surface area contributed by atoms with Gasteiger partial charge in [0, 0.05) is 12.6 Å². The van der Waals surface area contributed by atoms with Crippen LogP contribution in [0.15, 0.2) is 18.2 Å². The Kier molecular flexibility index (Phi) is 4.42. The summed E-state index contributed by atoms with van der Waals surface area (Å²) in [4.78, 5) is 11.9.